The van der Waals surface area contributed by atoms with E-state index in [1.54, 1.807) is 0 Å². The van der Waals surface area contributed by atoms with Crippen molar-refractivity contribution in [3.63, 3.8) is 0 Å². The van der Waals surface area contributed by atoms with Crippen LogP contribution in [0.2, 0.25) is 6.04 Å². The van der Waals surface area contributed by atoms with Gasteiger partial charge in [-0.2, -0.15) is 0 Å². The SMILES string of the molecule is CCO[Si](CCCCCCCCC1CCCCO1)(OCC)OCC. The van der Waals surface area contributed by atoms with E-state index in [0.717, 1.165) is 19.1 Å². The van der Waals surface area contributed by atoms with Crippen LogP contribution in [0.25, 0.3) is 0 Å². The van der Waals surface area contributed by atoms with Gasteiger partial charge in [-0.15, -0.1) is 0 Å². The van der Waals surface area contributed by atoms with Crippen LogP contribution < -0.4 is 0 Å². The van der Waals surface area contributed by atoms with E-state index in [2.05, 4.69) is 0 Å². The molecule has 24 heavy (non-hydrogen) atoms. The van der Waals surface area contributed by atoms with E-state index in [-0.39, 0.29) is 0 Å². The molecule has 5 heteroatoms. The number of ether oxygens (including phenoxy) is 1. The number of hydrogen-bond acceptors (Lipinski definition) is 4. The molecule has 1 fully saturated rings. The van der Waals surface area contributed by atoms with Crippen molar-refractivity contribution < 1.29 is 18.0 Å². The zero-order valence-electron chi connectivity index (χ0n) is 16.3. The van der Waals surface area contributed by atoms with Crippen LogP contribution in [0, 0.1) is 0 Å². The first-order valence-electron chi connectivity index (χ1n) is 10.3. The lowest BCUT2D eigenvalue weighted by atomic mass is 10.0. The van der Waals surface area contributed by atoms with Crippen LogP contribution in [-0.4, -0.2) is 41.3 Å². The van der Waals surface area contributed by atoms with Crippen molar-refractivity contribution in [3.8, 4) is 0 Å². The highest BCUT2D eigenvalue weighted by molar-refractivity contribution is 6.60. The first-order chi connectivity index (χ1) is 11.8. The van der Waals surface area contributed by atoms with Gasteiger partial charge in [0.05, 0.1) is 6.10 Å². The van der Waals surface area contributed by atoms with Gasteiger partial charge in [-0.3, -0.25) is 0 Å². The van der Waals surface area contributed by atoms with Crippen LogP contribution in [-0.2, 0) is 18.0 Å². The van der Waals surface area contributed by atoms with E-state index >= 15 is 0 Å². The first-order valence-corrected chi connectivity index (χ1v) is 12.2. The van der Waals surface area contributed by atoms with Gasteiger partial charge in [-0.05, 0) is 52.9 Å². The maximum Gasteiger partial charge on any atom is 0.500 e. The summed E-state index contributed by atoms with van der Waals surface area (Å²) < 4.78 is 23.5. The molecule has 1 saturated heterocycles. The Morgan fingerprint density at radius 1 is 0.792 bits per heavy atom. The first kappa shape index (κ1) is 22.1. The highest BCUT2D eigenvalue weighted by atomic mass is 28.4. The largest absolute Gasteiger partial charge is 0.500 e. The Morgan fingerprint density at radius 2 is 1.38 bits per heavy atom. The topological polar surface area (TPSA) is 36.9 Å². The molecule has 0 radical (unpaired) electrons. The fraction of sp³-hybridized carbons (Fsp3) is 1.00. The molecule has 4 nitrogen and oxygen atoms in total. The second-order valence-electron chi connectivity index (χ2n) is 6.63. The van der Waals surface area contributed by atoms with Crippen molar-refractivity contribution in [1.29, 1.82) is 0 Å². The lowest BCUT2D eigenvalue weighted by molar-refractivity contribution is 0.00976. The van der Waals surface area contributed by atoms with Crippen molar-refractivity contribution in [2.45, 2.75) is 97.1 Å². The van der Waals surface area contributed by atoms with Crippen LogP contribution in [0.3, 0.4) is 0 Å². The molecular weight excluding hydrogens is 320 g/mol. The molecule has 0 aromatic heterocycles. The molecule has 0 aromatic carbocycles. The number of unbranched alkanes of at least 4 members (excludes halogenated alkanes) is 5. The van der Waals surface area contributed by atoms with Crippen molar-refractivity contribution in [2.24, 2.45) is 0 Å². The molecule has 0 amide bonds. The molecule has 1 rings (SSSR count). The van der Waals surface area contributed by atoms with Crippen molar-refractivity contribution >= 4 is 8.80 Å². The third-order valence-electron chi connectivity index (χ3n) is 4.63. The van der Waals surface area contributed by atoms with E-state index in [4.69, 9.17) is 18.0 Å². The molecule has 0 aromatic rings. The second-order valence-corrected chi connectivity index (χ2v) is 9.36. The summed E-state index contributed by atoms with van der Waals surface area (Å²) in [6.07, 6.45) is 13.4. The predicted octanol–water partition coefficient (Wildman–Crippen LogP) is 5.33. The maximum absolute atomic E-state index is 5.90. The van der Waals surface area contributed by atoms with E-state index in [0.29, 0.717) is 25.9 Å². The minimum absolute atomic E-state index is 0.550. The van der Waals surface area contributed by atoms with E-state index in [9.17, 15) is 0 Å². The van der Waals surface area contributed by atoms with Crippen LogP contribution >= 0.6 is 0 Å². The predicted molar refractivity (Wildman–Crippen MR) is 101 cm³/mol. The van der Waals surface area contributed by atoms with Gasteiger partial charge in [0.1, 0.15) is 0 Å². The van der Waals surface area contributed by atoms with Crippen molar-refractivity contribution in [1.82, 2.24) is 0 Å². The summed E-state index contributed by atoms with van der Waals surface area (Å²) in [7, 11) is -2.41. The zero-order chi connectivity index (χ0) is 17.5. The maximum atomic E-state index is 5.90. The third-order valence-corrected chi connectivity index (χ3v) is 7.78. The van der Waals surface area contributed by atoms with Crippen LogP contribution in [0.4, 0.5) is 0 Å². The summed E-state index contributed by atoms with van der Waals surface area (Å²) in [6, 6.07) is 0.957. The molecule has 1 aliphatic heterocycles. The molecule has 1 aliphatic rings. The Kier molecular flexibility index (Phi) is 13.1. The van der Waals surface area contributed by atoms with Gasteiger partial charge in [0, 0.05) is 32.5 Å². The fourth-order valence-corrected chi connectivity index (χ4v) is 6.14. The smallest absolute Gasteiger partial charge is 0.378 e. The lowest BCUT2D eigenvalue weighted by Crippen LogP contribution is -2.45. The molecule has 0 bridgehead atoms. The molecule has 1 unspecified atom stereocenters. The molecule has 0 spiro atoms. The highest BCUT2D eigenvalue weighted by Gasteiger charge is 2.39. The molecule has 0 aliphatic carbocycles. The lowest BCUT2D eigenvalue weighted by Gasteiger charge is -2.28. The summed E-state index contributed by atoms with van der Waals surface area (Å²) in [4.78, 5) is 0. The Morgan fingerprint density at radius 3 is 1.92 bits per heavy atom. The van der Waals surface area contributed by atoms with Gasteiger partial charge >= 0.3 is 8.80 Å². The quantitative estimate of drug-likeness (QED) is 0.292. The zero-order valence-corrected chi connectivity index (χ0v) is 17.3. The summed E-state index contributed by atoms with van der Waals surface area (Å²) in [5.41, 5.74) is 0. The molecule has 1 atom stereocenters. The molecule has 0 N–H and O–H groups in total. The number of rotatable bonds is 15. The molecule has 1 heterocycles. The van der Waals surface area contributed by atoms with E-state index in [1.807, 2.05) is 20.8 Å². The average molecular weight is 361 g/mol. The second kappa shape index (κ2) is 14.2. The van der Waals surface area contributed by atoms with Gasteiger partial charge in [0.15, 0.2) is 0 Å². The van der Waals surface area contributed by atoms with Gasteiger partial charge < -0.3 is 18.0 Å². The molecule has 0 saturated carbocycles. The standard InChI is InChI=1S/C19H40O4Si/c1-4-21-24(22-5-2,23-6-3)18-14-10-8-7-9-11-15-19-16-12-13-17-20-19/h19H,4-18H2,1-3H3. The summed E-state index contributed by atoms with van der Waals surface area (Å²) in [5, 5.41) is 0. The van der Waals surface area contributed by atoms with Crippen LogP contribution in [0.1, 0.15) is 85.0 Å². The highest BCUT2D eigenvalue weighted by Crippen LogP contribution is 2.22. The molecule has 144 valence electrons. The van der Waals surface area contributed by atoms with Crippen molar-refractivity contribution in [2.75, 3.05) is 26.4 Å². The van der Waals surface area contributed by atoms with Gasteiger partial charge in [-0.1, -0.05) is 32.1 Å². The van der Waals surface area contributed by atoms with Gasteiger partial charge in [0.2, 0.25) is 0 Å². The summed E-state index contributed by atoms with van der Waals surface area (Å²) in [5.74, 6) is 0. The molecular formula is C19H40O4Si. The summed E-state index contributed by atoms with van der Waals surface area (Å²) in [6.45, 7) is 9.08. The van der Waals surface area contributed by atoms with E-state index < -0.39 is 8.80 Å². The van der Waals surface area contributed by atoms with Gasteiger partial charge in [-0.25, -0.2) is 0 Å². The minimum atomic E-state index is -2.41. The number of hydrogen-bond donors (Lipinski definition) is 0. The van der Waals surface area contributed by atoms with Gasteiger partial charge in [0.25, 0.3) is 0 Å². The Hall–Kier alpha value is 0.0569. The minimum Gasteiger partial charge on any atom is -0.378 e. The average Bonchev–Trinajstić information content (AvgIpc) is 2.59. The van der Waals surface area contributed by atoms with Crippen molar-refractivity contribution in [3.05, 3.63) is 0 Å². The Balaban J connectivity index is 2.05. The third kappa shape index (κ3) is 9.52. The van der Waals surface area contributed by atoms with Crippen LogP contribution in [0.5, 0.6) is 0 Å². The Bertz CT molecular complexity index is 266. The normalized spacial score (nSPS) is 18.9. The van der Waals surface area contributed by atoms with Crippen LogP contribution in [0.15, 0.2) is 0 Å². The monoisotopic (exact) mass is 360 g/mol. The van der Waals surface area contributed by atoms with E-state index in [1.165, 1.54) is 57.8 Å². The summed E-state index contributed by atoms with van der Waals surface area (Å²) >= 11 is 0. The fourth-order valence-electron chi connectivity index (χ4n) is 3.46. The Labute approximate surface area is 151 Å².